The summed E-state index contributed by atoms with van der Waals surface area (Å²) in [4.78, 5) is 34.1. The van der Waals surface area contributed by atoms with Crippen molar-refractivity contribution in [2.45, 2.75) is 17.9 Å². The fraction of sp³-hybridized carbons (Fsp3) is 0.391. The quantitative estimate of drug-likeness (QED) is 0.255. The van der Waals surface area contributed by atoms with Crippen molar-refractivity contribution in [3.63, 3.8) is 0 Å². The van der Waals surface area contributed by atoms with Gasteiger partial charge in [-0.25, -0.2) is 9.18 Å². The molecule has 2 fully saturated rings. The highest BCUT2D eigenvalue weighted by atomic mass is 32.1. The second kappa shape index (κ2) is 12.8. The topological polar surface area (TPSA) is 141 Å². The number of halogens is 1. The van der Waals surface area contributed by atoms with Crippen LogP contribution >= 0.6 is 28.3 Å². The fourth-order valence-electron chi connectivity index (χ4n) is 4.12. The average molecular weight is 585 g/mol. The van der Waals surface area contributed by atoms with Gasteiger partial charge in [0.1, 0.15) is 11.9 Å². The Kier molecular flexibility index (Phi) is 9.54. The smallest absolute Gasteiger partial charge is 0.442 e. The zero-order valence-electron chi connectivity index (χ0n) is 20.2. The summed E-state index contributed by atoms with van der Waals surface area (Å²) in [5.41, 5.74) is 2.14. The van der Waals surface area contributed by atoms with Gasteiger partial charge in [-0.15, -0.1) is 0 Å². The molecule has 0 radical (unpaired) electrons. The van der Waals surface area contributed by atoms with Crippen molar-refractivity contribution in [1.82, 2.24) is 5.32 Å². The molecule has 2 saturated heterocycles. The lowest BCUT2D eigenvalue weighted by molar-refractivity contribution is 0.122. The van der Waals surface area contributed by atoms with Crippen LogP contribution in [-0.4, -0.2) is 71.9 Å². The molecule has 202 valence electrons. The molecule has 2 aliphatic rings. The van der Waals surface area contributed by atoms with Gasteiger partial charge in [0.15, 0.2) is 5.11 Å². The first-order valence-corrected chi connectivity index (χ1v) is 14.7. The molecule has 0 aromatic heterocycles. The number of nitrogens with zero attached hydrogens (tertiary/aromatic N) is 2. The van der Waals surface area contributed by atoms with Crippen molar-refractivity contribution in [3.05, 3.63) is 53.8 Å². The Labute approximate surface area is 225 Å². The van der Waals surface area contributed by atoms with Gasteiger partial charge in [0.25, 0.3) is 0 Å². The normalized spacial score (nSPS) is 19.0. The molecule has 4 N–H and O–H groups in total. The Morgan fingerprint density at radius 1 is 1.13 bits per heavy atom. The highest BCUT2D eigenvalue weighted by Gasteiger charge is 2.47. The second-order valence-electron chi connectivity index (χ2n) is 8.67. The van der Waals surface area contributed by atoms with Crippen molar-refractivity contribution in [3.8, 4) is 0 Å². The van der Waals surface area contributed by atoms with Crippen molar-refractivity contribution in [1.29, 1.82) is 0 Å². The highest BCUT2D eigenvalue weighted by Crippen LogP contribution is 2.41. The van der Waals surface area contributed by atoms with E-state index in [-0.39, 0.29) is 24.6 Å². The van der Waals surface area contributed by atoms with E-state index in [2.05, 4.69) is 10.6 Å². The Morgan fingerprint density at radius 2 is 1.82 bits per heavy atom. The number of hydrogen-bond donors (Lipinski definition) is 4. The summed E-state index contributed by atoms with van der Waals surface area (Å²) in [6, 6.07) is 11.4. The summed E-state index contributed by atoms with van der Waals surface area (Å²) in [6.45, 7) is 2.74. The van der Waals surface area contributed by atoms with Crippen LogP contribution < -0.4 is 20.4 Å². The fourth-order valence-corrected chi connectivity index (χ4v) is 5.73. The van der Waals surface area contributed by atoms with Crippen LogP contribution in [0.15, 0.2) is 42.5 Å². The lowest BCUT2D eigenvalue weighted by Gasteiger charge is -2.29. The summed E-state index contributed by atoms with van der Waals surface area (Å²) in [7, 11) is -5.56. The van der Waals surface area contributed by atoms with Gasteiger partial charge in [0.05, 0.1) is 44.1 Å². The standard InChI is InChI=1S/C23H25FN4O7P2S/c24-19-12-17(5-6-20(19)27-7-9-34-10-8-27)28-14-18(35-23(28)29)13-25-22(38)26-16-3-1-15(2-4-16)11-21(36(30)31)37(32)33/h1-6,12,18,21H,7-11,13-14H2,(H2-2,25,26,30,31,32,33,38)/p+2/t18-/m0/s1. The van der Waals surface area contributed by atoms with Crippen LogP contribution in [-0.2, 0) is 25.0 Å². The maximum Gasteiger partial charge on any atom is 0.564 e. The Morgan fingerprint density at radius 3 is 2.45 bits per heavy atom. The van der Waals surface area contributed by atoms with Gasteiger partial charge in [-0.2, -0.15) is 9.79 Å². The first-order chi connectivity index (χ1) is 18.2. The van der Waals surface area contributed by atoms with Gasteiger partial charge in [-0.3, -0.25) is 4.90 Å². The molecule has 0 saturated carbocycles. The van der Waals surface area contributed by atoms with Crippen LogP contribution in [0.4, 0.5) is 26.2 Å². The predicted octanol–water partition coefficient (Wildman–Crippen LogP) is 3.31. The molecule has 2 aliphatic heterocycles. The molecule has 15 heteroatoms. The van der Waals surface area contributed by atoms with Gasteiger partial charge in [0, 0.05) is 18.8 Å². The van der Waals surface area contributed by atoms with Gasteiger partial charge < -0.3 is 25.0 Å². The van der Waals surface area contributed by atoms with Gasteiger partial charge in [0.2, 0.25) is 0 Å². The molecule has 1 amide bonds. The van der Waals surface area contributed by atoms with Crippen LogP contribution in [0.25, 0.3) is 0 Å². The summed E-state index contributed by atoms with van der Waals surface area (Å²) in [6.07, 6.45) is -1.09. The van der Waals surface area contributed by atoms with Crippen molar-refractivity contribution < 1.29 is 37.6 Å². The van der Waals surface area contributed by atoms with E-state index in [0.29, 0.717) is 48.9 Å². The molecule has 0 bridgehead atoms. The van der Waals surface area contributed by atoms with E-state index >= 15 is 0 Å². The molecular formula is C23H27FN4O7P2S+2. The number of anilines is 3. The van der Waals surface area contributed by atoms with Gasteiger partial charge >= 0.3 is 27.5 Å². The lowest BCUT2D eigenvalue weighted by atomic mass is 10.1. The molecular weight excluding hydrogens is 557 g/mol. The summed E-state index contributed by atoms with van der Waals surface area (Å²) in [5, 5.41) is 5.02. The van der Waals surface area contributed by atoms with E-state index in [0.717, 1.165) is 0 Å². The number of carbonyl (C=O) groups is 1. The first kappa shape index (κ1) is 28.2. The van der Waals surface area contributed by atoms with E-state index in [9.17, 15) is 28.1 Å². The maximum absolute atomic E-state index is 14.8. The van der Waals surface area contributed by atoms with Crippen LogP contribution in [0.1, 0.15) is 5.56 Å². The molecule has 2 aromatic carbocycles. The summed E-state index contributed by atoms with van der Waals surface area (Å²) >= 11 is 5.30. The van der Waals surface area contributed by atoms with Crippen LogP contribution in [0.2, 0.25) is 0 Å². The maximum atomic E-state index is 14.8. The number of morpholine rings is 1. The number of hydrogen-bond acceptors (Lipinski definition) is 7. The number of carbonyl (C=O) groups excluding carboxylic acids is 1. The van der Waals surface area contributed by atoms with Gasteiger partial charge in [-0.1, -0.05) is 12.1 Å². The molecule has 11 nitrogen and oxygen atoms in total. The monoisotopic (exact) mass is 584 g/mol. The van der Waals surface area contributed by atoms with Gasteiger partial charge in [-0.05, 0) is 57.2 Å². The third-order valence-corrected chi connectivity index (χ3v) is 8.92. The zero-order valence-corrected chi connectivity index (χ0v) is 22.8. The Balaban J connectivity index is 1.26. The first-order valence-electron chi connectivity index (χ1n) is 11.8. The van der Waals surface area contributed by atoms with E-state index in [4.69, 9.17) is 21.7 Å². The molecule has 38 heavy (non-hydrogen) atoms. The number of ether oxygens (including phenoxy) is 2. The van der Waals surface area contributed by atoms with Crippen LogP contribution in [0, 0.1) is 5.82 Å². The molecule has 0 aliphatic carbocycles. The average Bonchev–Trinajstić information content (AvgIpc) is 3.27. The number of thiocarbonyl (C=S) groups is 1. The summed E-state index contributed by atoms with van der Waals surface area (Å²) < 4.78 is 48.0. The van der Waals surface area contributed by atoms with E-state index in [1.54, 1.807) is 36.4 Å². The minimum Gasteiger partial charge on any atom is -0.442 e. The summed E-state index contributed by atoms with van der Waals surface area (Å²) in [5.74, 6) is -0.416. The molecule has 4 rings (SSSR count). The van der Waals surface area contributed by atoms with Crippen molar-refractivity contribution >= 4 is 56.5 Å². The zero-order chi connectivity index (χ0) is 27.2. The third-order valence-electron chi connectivity index (χ3n) is 6.10. The number of nitrogens with one attached hydrogen (secondary N) is 2. The minimum absolute atomic E-state index is 0.0101. The Hall–Kier alpha value is -2.79. The molecule has 0 spiro atoms. The van der Waals surface area contributed by atoms with Crippen molar-refractivity contribution in [2.75, 3.05) is 54.5 Å². The van der Waals surface area contributed by atoms with E-state index in [1.165, 1.54) is 11.0 Å². The molecule has 2 heterocycles. The predicted molar refractivity (Wildman–Crippen MR) is 145 cm³/mol. The number of rotatable bonds is 9. The van der Waals surface area contributed by atoms with Crippen LogP contribution in [0.5, 0.6) is 0 Å². The highest BCUT2D eigenvalue weighted by molar-refractivity contribution is 7.80. The van der Waals surface area contributed by atoms with E-state index in [1.807, 2.05) is 4.90 Å². The number of amides is 1. The SMILES string of the molecule is O=C1O[C@@H](CNC(=S)Nc2ccc(CC([P+](=O)O)[P+](=O)O)cc2)CN1c1ccc(N2CCOCC2)c(F)c1. The largest absolute Gasteiger partial charge is 0.564 e. The Bertz CT molecular complexity index is 1200. The van der Waals surface area contributed by atoms with E-state index < -0.39 is 39.5 Å². The number of cyclic esters (lactones) is 1. The lowest BCUT2D eigenvalue weighted by Crippen LogP contribution is -2.37. The third kappa shape index (κ3) is 7.19. The molecule has 3 atom stereocenters. The second-order valence-corrected chi connectivity index (χ2v) is 11.9. The molecule has 2 aromatic rings. The van der Waals surface area contributed by atoms with Crippen LogP contribution in [0.3, 0.4) is 0 Å². The minimum atomic E-state index is -2.78. The number of benzene rings is 2. The molecule has 2 unspecified atom stereocenters. The van der Waals surface area contributed by atoms with Crippen molar-refractivity contribution in [2.24, 2.45) is 0 Å².